The van der Waals surface area contributed by atoms with Crippen LogP contribution in [-0.4, -0.2) is 0 Å². The second-order valence-electron chi connectivity index (χ2n) is 2.94. The summed E-state index contributed by atoms with van der Waals surface area (Å²) in [6.07, 6.45) is 0. The minimum atomic E-state index is -1.28. The Morgan fingerprint density at radius 1 is 1.62 bits per heavy atom. The topological polar surface area (TPSA) is 49.8 Å². The van der Waals surface area contributed by atoms with Crippen LogP contribution in [0.5, 0.6) is 0 Å². The first-order valence-corrected chi connectivity index (χ1v) is 4.42. The van der Waals surface area contributed by atoms with Crippen molar-refractivity contribution in [1.82, 2.24) is 0 Å². The van der Waals surface area contributed by atoms with Gasteiger partial charge in [-0.05, 0) is 25.1 Å². The van der Waals surface area contributed by atoms with Crippen molar-refractivity contribution >= 4 is 15.9 Å². The first-order chi connectivity index (χ1) is 5.97. The molecule has 0 radical (unpaired) electrons. The highest BCUT2D eigenvalue weighted by Crippen LogP contribution is 2.23. The molecule has 0 heterocycles. The van der Waals surface area contributed by atoms with Crippen molar-refractivity contribution in [2.24, 2.45) is 5.73 Å². The lowest BCUT2D eigenvalue weighted by Crippen LogP contribution is -2.32. The van der Waals surface area contributed by atoms with Crippen LogP contribution in [0.1, 0.15) is 12.5 Å². The third-order valence-electron chi connectivity index (χ3n) is 1.72. The zero-order valence-electron chi connectivity index (χ0n) is 7.01. The third-order valence-corrected chi connectivity index (χ3v) is 2.21. The van der Waals surface area contributed by atoms with Crippen molar-refractivity contribution in [3.63, 3.8) is 0 Å². The molecule has 0 aliphatic carbocycles. The molecule has 0 fully saturated rings. The lowest BCUT2D eigenvalue weighted by molar-refractivity contribution is 0.550. The maximum Gasteiger partial charge on any atom is 0.129 e. The van der Waals surface area contributed by atoms with Crippen molar-refractivity contribution in [3.8, 4) is 6.07 Å². The van der Waals surface area contributed by atoms with Gasteiger partial charge in [-0.25, -0.2) is 4.39 Å². The standard InChI is InChI=1S/C9H8BrFN2/c1-9(13,5-12)7-4-6(10)2-3-8(7)11/h2-4H,13H2,1H3. The van der Waals surface area contributed by atoms with E-state index in [-0.39, 0.29) is 5.56 Å². The highest BCUT2D eigenvalue weighted by molar-refractivity contribution is 9.10. The molecule has 0 aliphatic heterocycles. The van der Waals surface area contributed by atoms with Crippen LogP contribution in [0.3, 0.4) is 0 Å². The van der Waals surface area contributed by atoms with Crippen LogP contribution >= 0.6 is 15.9 Å². The first kappa shape index (κ1) is 10.2. The average molecular weight is 243 g/mol. The van der Waals surface area contributed by atoms with Crippen molar-refractivity contribution in [1.29, 1.82) is 5.26 Å². The molecule has 0 spiro atoms. The van der Waals surface area contributed by atoms with Crippen LogP contribution in [0, 0.1) is 17.1 Å². The number of benzene rings is 1. The Morgan fingerprint density at radius 2 is 2.23 bits per heavy atom. The molecule has 0 bridgehead atoms. The van der Waals surface area contributed by atoms with E-state index < -0.39 is 11.4 Å². The van der Waals surface area contributed by atoms with Crippen molar-refractivity contribution < 1.29 is 4.39 Å². The molecule has 0 saturated heterocycles. The quantitative estimate of drug-likeness (QED) is 0.822. The Kier molecular flexibility index (Phi) is 2.69. The largest absolute Gasteiger partial charge is 0.310 e. The summed E-state index contributed by atoms with van der Waals surface area (Å²) in [7, 11) is 0. The van der Waals surface area contributed by atoms with E-state index in [1.54, 1.807) is 6.07 Å². The summed E-state index contributed by atoms with van der Waals surface area (Å²) in [5.41, 5.74) is 4.50. The van der Waals surface area contributed by atoms with Gasteiger partial charge in [0.15, 0.2) is 0 Å². The molecule has 13 heavy (non-hydrogen) atoms. The molecule has 1 atom stereocenters. The molecule has 0 saturated carbocycles. The third kappa shape index (κ3) is 2.06. The van der Waals surface area contributed by atoms with E-state index in [0.29, 0.717) is 4.47 Å². The Morgan fingerprint density at radius 3 is 2.77 bits per heavy atom. The zero-order valence-corrected chi connectivity index (χ0v) is 8.60. The summed E-state index contributed by atoms with van der Waals surface area (Å²) in [5.74, 6) is -0.463. The summed E-state index contributed by atoms with van der Waals surface area (Å²) >= 11 is 3.19. The van der Waals surface area contributed by atoms with Gasteiger partial charge in [-0.15, -0.1) is 0 Å². The molecule has 0 aliphatic rings. The van der Waals surface area contributed by atoms with Crippen LogP contribution < -0.4 is 5.73 Å². The summed E-state index contributed by atoms with van der Waals surface area (Å²) in [4.78, 5) is 0. The van der Waals surface area contributed by atoms with Crippen molar-refractivity contribution in [2.75, 3.05) is 0 Å². The number of hydrogen-bond donors (Lipinski definition) is 1. The van der Waals surface area contributed by atoms with Crippen molar-refractivity contribution in [2.45, 2.75) is 12.5 Å². The molecule has 0 amide bonds. The zero-order chi connectivity index (χ0) is 10.1. The van der Waals surface area contributed by atoms with E-state index in [1.807, 2.05) is 6.07 Å². The second kappa shape index (κ2) is 3.44. The molecule has 2 nitrogen and oxygen atoms in total. The van der Waals surface area contributed by atoms with E-state index in [0.717, 1.165) is 0 Å². The van der Waals surface area contributed by atoms with E-state index in [1.165, 1.54) is 19.1 Å². The van der Waals surface area contributed by atoms with Gasteiger partial charge in [-0.3, -0.25) is 0 Å². The Bertz CT molecular complexity index is 368. The minimum Gasteiger partial charge on any atom is -0.310 e. The van der Waals surface area contributed by atoms with Crippen LogP contribution in [0.2, 0.25) is 0 Å². The van der Waals surface area contributed by atoms with Gasteiger partial charge in [-0.1, -0.05) is 15.9 Å². The lowest BCUT2D eigenvalue weighted by Gasteiger charge is -2.16. The van der Waals surface area contributed by atoms with Crippen LogP contribution in [0.4, 0.5) is 4.39 Å². The maximum atomic E-state index is 13.2. The number of halogens is 2. The van der Waals surface area contributed by atoms with Crippen LogP contribution in [-0.2, 0) is 5.54 Å². The second-order valence-corrected chi connectivity index (χ2v) is 3.85. The summed E-state index contributed by atoms with van der Waals surface area (Å²) in [6, 6.07) is 6.20. The fourth-order valence-corrected chi connectivity index (χ4v) is 1.32. The van der Waals surface area contributed by atoms with Gasteiger partial charge in [0.25, 0.3) is 0 Å². The number of nitrogens with zero attached hydrogens (tertiary/aromatic N) is 1. The molecule has 1 aromatic carbocycles. The first-order valence-electron chi connectivity index (χ1n) is 3.63. The monoisotopic (exact) mass is 242 g/mol. The predicted octanol–water partition coefficient (Wildman–Crippen LogP) is 2.29. The highest BCUT2D eigenvalue weighted by atomic mass is 79.9. The summed E-state index contributed by atoms with van der Waals surface area (Å²) in [5, 5.41) is 8.71. The van der Waals surface area contributed by atoms with E-state index in [2.05, 4.69) is 15.9 Å². The van der Waals surface area contributed by atoms with Gasteiger partial charge >= 0.3 is 0 Å². The lowest BCUT2D eigenvalue weighted by atomic mass is 9.95. The molecular formula is C9H8BrFN2. The molecule has 1 unspecified atom stereocenters. The number of nitrogens with two attached hydrogens (primary N) is 1. The molecule has 68 valence electrons. The minimum absolute atomic E-state index is 0.198. The highest BCUT2D eigenvalue weighted by Gasteiger charge is 2.24. The summed E-state index contributed by atoms with van der Waals surface area (Å²) in [6.45, 7) is 1.47. The normalized spacial score (nSPS) is 14.7. The molecule has 4 heteroatoms. The van der Waals surface area contributed by atoms with E-state index in [9.17, 15) is 4.39 Å². The van der Waals surface area contributed by atoms with E-state index in [4.69, 9.17) is 11.0 Å². The fraction of sp³-hybridized carbons (Fsp3) is 0.222. The van der Waals surface area contributed by atoms with E-state index >= 15 is 0 Å². The Labute approximate surface area is 84.3 Å². The molecule has 1 aromatic rings. The average Bonchev–Trinajstić information content (AvgIpc) is 2.09. The van der Waals surface area contributed by atoms with Crippen LogP contribution in [0.25, 0.3) is 0 Å². The number of hydrogen-bond acceptors (Lipinski definition) is 2. The smallest absolute Gasteiger partial charge is 0.129 e. The summed E-state index contributed by atoms with van der Waals surface area (Å²) < 4.78 is 13.9. The molecular weight excluding hydrogens is 235 g/mol. The van der Waals surface area contributed by atoms with Gasteiger partial charge in [0.2, 0.25) is 0 Å². The Hall–Kier alpha value is -0.920. The van der Waals surface area contributed by atoms with Gasteiger partial charge in [0, 0.05) is 10.0 Å². The van der Waals surface area contributed by atoms with Crippen LogP contribution in [0.15, 0.2) is 22.7 Å². The molecule has 0 aromatic heterocycles. The molecule has 2 N–H and O–H groups in total. The van der Waals surface area contributed by atoms with Gasteiger partial charge in [0.05, 0.1) is 6.07 Å². The predicted molar refractivity (Wildman–Crippen MR) is 51.3 cm³/mol. The number of nitriles is 1. The fourth-order valence-electron chi connectivity index (χ4n) is 0.956. The SMILES string of the molecule is CC(N)(C#N)c1cc(Br)ccc1F. The maximum absolute atomic E-state index is 13.2. The van der Waals surface area contributed by atoms with Crippen molar-refractivity contribution in [3.05, 3.63) is 34.1 Å². The number of rotatable bonds is 1. The van der Waals surface area contributed by atoms with Gasteiger partial charge in [0.1, 0.15) is 11.4 Å². The Balaban J connectivity index is 3.30. The van der Waals surface area contributed by atoms with Gasteiger partial charge < -0.3 is 5.73 Å². The molecule has 1 rings (SSSR count). The van der Waals surface area contributed by atoms with Gasteiger partial charge in [-0.2, -0.15) is 5.26 Å².